The third kappa shape index (κ3) is 9.27. The molecule has 1 aliphatic carbocycles. The van der Waals surface area contributed by atoms with E-state index in [2.05, 4.69) is 6.92 Å². The Labute approximate surface area is 238 Å². The van der Waals surface area contributed by atoms with Crippen molar-refractivity contribution in [2.24, 2.45) is 5.92 Å². The van der Waals surface area contributed by atoms with E-state index < -0.39 is 23.8 Å². The Morgan fingerprint density at radius 2 is 1.48 bits per heavy atom. The number of rotatable bonds is 16. The SMILES string of the molecule is CCCCCCCCCCOc1ccc(-c2ccc(C3CCC(OC(=O)[C@@H](F)[C@@H](C)CC)CC3)cc2)c(F)c1F. The molecule has 0 N–H and O–H groups in total. The molecule has 3 rings (SSSR count). The molecule has 1 aliphatic rings. The fraction of sp³-hybridized carbons (Fsp3) is 0.618. The molecule has 2 atom stereocenters. The predicted molar refractivity (Wildman–Crippen MR) is 155 cm³/mol. The highest BCUT2D eigenvalue weighted by atomic mass is 19.2. The first-order valence-corrected chi connectivity index (χ1v) is 15.4. The topological polar surface area (TPSA) is 35.5 Å². The lowest BCUT2D eigenvalue weighted by Gasteiger charge is -2.29. The third-order valence-electron chi connectivity index (χ3n) is 8.32. The van der Waals surface area contributed by atoms with E-state index in [-0.39, 0.29) is 29.3 Å². The molecular formula is C34H47F3O3. The molecule has 1 saturated carbocycles. The first-order valence-electron chi connectivity index (χ1n) is 15.4. The number of halogens is 3. The molecule has 2 aromatic carbocycles. The molecule has 3 nitrogen and oxygen atoms in total. The van der Waals surface area contributed by atoms with E-state index in [0.29, 0.717) is 31.4 Å². The van der Waals surface area contributed by atoms with Gasteiger partial charge in [-0.25, -0.2) is 13.6 Å². The largest absolute Gasteiger partial charge is 0.490 e. The van der Waals surface area contributed by atoms with Crippen molar-refractivity contribution < 1.29 is 27.4 Å². The number of unbranched alkanes of at least 4 members (excludes halogenated alkanes) is 7. The van der Waals surface area contributed by atoms with E-state index in [1.807, 2.05) is 31.2 Å². The molecule has 0 bridgehead atoms. The van der Waals surface area contributed by atoms with Gasteiger partial charge in [-0.05, 0) is 67.2 Å². The summed E-state index contributed by atoms with van der Waals surface area (Å²) in [6, 6.07) is 10.6. The maximum absolute atomic E-state index is 14.9. The molecule has 0 heterocycles. The number of hydrogen-bond acceptors (Lipinski definition) is 3. The zero-order chi connectivity index (χ0) is 28.9. The summed E-state index contributed by atoms with van der Waals surface area (Å²) in [6.07, 6.45) is 11.1. The van der Waals surface area contributed by atoms with Crippen molar-refractivity contribution in [1.29, 1.82) is 0 Å². The molecule has 0 saturated heterocycles. The van der Waals surface area contributed by atoms with Gasteiger partial charge in [-0.2, -0.15) is 4.39 Å². The predicted octanol–water partition coefficient (Wildman–Crippen LogP) is 10.1. The van der Waals surface area contributed by atoms with Crippen molar-refractivity contribution in [1.82, 2.24) is 0 Å². The summed E-state index contributed by atoms with van der Waals surface area (Å²) in [5.74, 6) is -2.69. The van der Waals surface area contributed by atoms with Gasteiger partial charge in [-0.15, -0.1) is 0 Å². The van der Waals surface area contributed by atoms with Gasteiger partial charge in [0.2, 0.25) is 5.82 Å². The van der Waals surface area contributed by atoms with E-state index in [4.69, 9.17) is 9.47 Å². The molecule has 222 valence electrons. The smallest absolute Gasteiger partial charge is 0.341 e. The maximum atomic E-state index is 14.9. The molecule has 0 amide bonds. The number of hydrogen-bond donors (Lipinski definition) is 0. The van der Waals surface area contributed by atoms with Crippen LogP contribution in [0.15, 0.2) is 36.4 Å². The lowest BCUT2D eigenvalue weighted by molar-refractivity contribution is -0.158. The Bertz CT molecular complexity index is 1030. The Morgan fingerprint density at radius 3 is 2.10 bits per heavy atom. The van der Waals surface area contributed by atoms with Crippen LogP contribution in [0, 0.1) is 17.6 Å². The Balaban J connectivity index is 1.47. The average Bonchev–Trinajstić information content (AvgIpc) is 2.98. The van der Waals surface area contributed by atoms with Gasteiger partial charge in [0, 0.05) is 5.56 Å². The zero-order valence-electron chi connectivity index (χ0n) is 24.5. The Morgan fingerprint density at radius 1 is 0.850 bits per heavy atom. The van der Waals surface area contributed by atoms with Crippen LogP contribution in [0.2, 0.25) is 0 Å². The molecule has 0 aliphatic heterocycles. The van der Waals surface area contributed by atoms with Crippen LogP contribution in [0.4, 0.5) is 13.2 Å². The second-order valence-electron chi connectivity index (χ2n) is 11.4. The van der Waals surface area contributed by atoms with Crippen LogP contribution in [-0.4, -0.2) is 24.9 Å². The lowest BCUT2D eigenvalue weighted by Crippen LogP contribution is -2.31. The molecule has 1 fully saturated rings. The fourth-order valence-electron chi connectivity index (χ4n) is 5.40. The minimum absolute atomic E-state index is 0.0403. The van der Waals surface area contributed by atoms with Crippen molar-refractivity contribution >= 4 is 5.97 Å². The van der Waals surface area contributed by atoms with Crippen molar-refractivity contribution in [2.45, 2.75) is 122 Å². The quantitative estimate of drug-likeness (QED) is 0.151. The van der Waals surface area contributed by atoms with Gasteiger partial charge in [-0.1, -0.05) is 96.4 Å². The van der Waals surface area contributed by atoms with Crippen LogP contribution in [0.3, 0.4) is 0 Å². The van der Waals surface area contributed by atoms with Crippen LogP contribution >= 0.6 is 0 Å². The molecule has 0 radical (unpaired) electrons. The lowest BCUT2D eigenvalue weighted by atomic mass is 9.82. The summed E-state index contributed by atoms with van der Waals surface area (Å²) in [5, 5.41) is 0. The summed E-state index contributed by atoms with van der Waals surface area (Å²) in [6.45, 7) is 6.16. The second-order valence-corrected chi connectivity index (χ2v) is 11.4. The summed E-state index contributed by atoms with van der Waals surface area (Å²) < 4.78 is 54.8. The van der Waals surface area contributed by atoms with Crippen LogP contribution in [0.25, 0.3) is 11.1 Å². The summed E-state index contributed by atoms with van der Waals surface area (Å²) in [5.41, 5.74) is 1.93. The molecule has 0 aromatic heterocycles. The standard InChI is InChI=1S/C34H47F3O3/c1-4-6-7-8-9-10-11-12-23-39-30-22-21-29(32(36)33(30)37)27-15-13-25(14-16-27)26-17-19-28(20-18-26)40-34(38)31(35)24(3)5-2/h13-16,21-22,24,26,28,31H,4-12,17-20,23H2,1-3H3/t24-,26?,28?,31-/m0/s1. The highest BCUT2D eigenvalue weighted by Gasteiger charge is 2.30. The van der Waals surface area contributed by atoms with Crippen LogP contribution in [0.5, 0.6) is 5.75 Å². The van der Waals surface area contributed by atoms with Crippen LogP contribution in [0.1, 0.15) is 116 Å². The van der Waals surface area contributed by atoms with Crippen molar-refractivity contribution in [3.05, 3.63) is 53.6 Å². The van der Waals surface area contributed by atoms with E-state index in [9.17, 15) is 18.0 Å². The Kier molecular flexibility index (Phi) is 13.4. The number of benzene rings is 2. The van der Waals surface area contributed by atoms with Gasteiger partial charge >= 0.3 is 5.97 Å². The number of esters is 1. The van der Waals surface area contributed by atoms with Gasteiger partial charge in [0.05, 0.1) is 6.61 Å². The normalized spacial score (nSPS) is 18.8. The van der Waals surface area contributed by atoms with Crippen molar-refractivity contribution in [3.63, 3.8) is 0 Å². The Hall–Kier alpha value is -2.50. The summed E-state index contributed by atoms with van der Waals surface area (Å²) >= 11 is 0. The number of carbonyl (C=O) groups is 1. The van der Waals surface area contributed by atoms with Gasteiger partial charge in [0.1, 0.15) is 6.10 Å². The van der Waals surface area contributed by atoms with Crippen molar-refractivity contribution in [2.75, 3.05) is 6.61 Å². The minimum Gasteiger partial charge on any atom is -0.490 e. The van der Waals surface area contributed by atoms with Gasteiger partial charge < -0.3 is 9.47 Å². The van der Waals surface area contributed by atoms with Crippen molar-refractivity contribution in [3.8, 4) is 16.9 Å². The molecule has 0 spiro atoms. The van der Waals surface area contributed by atoms with Crippen LogP contribution < -0.4 is 4.74 Å². The maximum Gasteiger partial charge on any atom is 0.341 e. The van der Waals surface area contributed by atoms with Gasteiger partial charge in [0.25, 0.3) is 0 Å². The molecule has 40 heavy (non-hydrogen) atoms. The number of carbonyl (C=O) groups excluding carboxylic acids is 1. The minimum atomic E-state index is -1.57. The summed E-state index contributed by atoms with van der Waals surface area (Å²) in [7, 11) is 0. The highest BCUT2D eigenvalue weighted by molar-refractivity contribution is 5.75. The average molecular weight is 561 g/mol. The van der Waals surface area contributed by atoms with E-state index in [1.165, 1.54) is 38.2 Å². The summed E-state index contributed by atoms with van der Waals surface area (Å²) in [4.78, 5) is 12.1. The number of ether oxygens (including phenoxy) is 2. The zero-order valence-corrected chi connectivity index (χ0v) is 24.5. The number of alkyl halides is 1. The second kappa shape index (κ2) is 16.7. The highest BCUT2D eigenvalue weighted by Crippen LogP contribution is 2.36. The molecular weight excluding hydrogens is 513 g/mol. The third-order valence-corrected chi connectivity index (χ3v) is 8.32. The molecule has 0 unspecified atom stereocenters. The first-order chi connectivity index (χ1) is 19.3. The monoisotopic (exact) mass is 560 g/mol. The van der Waals surface area contributed by atoms with E-state index in [1.54, 1.807) is 13.0 Å². The van der Waals surface area contributed by atoms with E-state index >= 15 is 0 Å². The first kappa shape index (κ1) is 32.0. The van der Waals surface area contributed by atoms with Gasteiger partial charge in [0.15, 0.2) is 17.7 Å². The molecule has 6 heteroatoms. The van der Waals surface area contributed by atoms with E-state index in [0.717, 1.165) is 37.7 Å². The fourth-order valence-corrected chi connectivity index (χ4v) is 5.40. The van der Waals surface area contributed by atoms with Crippen LogP contribution in [-0.2, 0) is 9.53 Å². The molecule has 2 aromatic rings. The van der Waals surface area contributed by atoms with Gasteiger partial charge in [-0.3, -0.25) is 0 Å².